The van der Waals surface area contributed by atoms with Crippen LogP contribution in [-0.2, 0) is 16.0 Å². The van der Waals surface area contributed by atoms with Crippen molar-refractivity contribution in [2.45, 2.75) is 6.42 Å². The maximum absolute atomic E-state index is 12.4. The molecule has 0 atom stereocenters. The van der Waals surface area contributed by atoms with E-state index in [1.165, 1.54) is 0 Å². The molecule has 0 radical (unpaired) electrons. The summed E-state index contributed by atoms with van der Waals surface area (Å²) in [4.78, 5) is 41.2. The predicted molar refractivity (Wildman–Crippen MR) is 116 cm³/mol. The van der Waals surface area contributed by atoms with Gasteiger partial charge in [0.05, 0.1) is 11.2 Å². The van der Waals surface area contributed by atoms with Crippen molar-refractivity contribution in [3.63, 3.8) is 0 Å². The van der Waals surface area contributed by atoms with Gasteiger partial charge < -0.3 is 14.7 Å². The van der Waals surface area contributed by atoms with Crippen molar-refractivity contribution in [1.29, 1.82) is 0 Å². The first-order valence-corrected chi connectivity index (χ1v) is 10.2. The van der Waals surface area contributed by atoms with E-state index in [4.69, 9.17) is 4.42 Å². The van der Waals surface area contributed by atoms with E-state index in [9.17, 15) is 14.4 Å². The number of thioether (sulfide) groups is 1. The van der Waals surface area contributed by atoms with Gasteiger partial charge in [0.15, 0.2) is 0 Å². The molecule has 3 heterocycles. The van der Waals surface area contributed by atoms with Gasteiger partial charge in [-0.3, -0.25) is 19.3 Å². The van der Waals surface area contributed by atoms with Gasteiger partial charge in [-0.15, -0.1) is 0 Å². The maximum Gasteiger partial charge on any atom is 0.294 e. The number of aromatic amines is 1. The van der Waals surface area contributed by atoms with Crippen molar-refractivity contribution in [2.75, 3.05) is 13.1 Å². The van der Waals surface area contributed by atoms with Gasteiger partial charge >= 0.3 is 0 Å². The van der Waals surface area contributed by atoms with Crippen LogP contribution >= 0.6 is 11.8 Å². The fourth-order valence-corrected chi connectivity index (χ4v) is 3.93. The number of carbonyl (C=O) groups is 3. The quantitative estimate of drug-likeness (QED) is 0.567. The summed E-state index contributed by atoms with van der Waals surface area (Å²) in [5.74, 6) is -0.203. The Hall–Kier alpha value is -3.52. The lowest BCUT2D eigenvalue weighted by atomic mass is 10.1. The molecule has 1 aliphatic heterocycles. The molecule has 2 aromatic heterocycles. The minimum atomic E-state index is -0.471. The summed E-state index contributed by atoms with van der Waals surface area (Å²) in [7, 11) is 0. The number of aromatic nitrogens is 1. The average Bonchev–Trinajstić information content (AvgIpc) is 3.46. The highest BCUT2D eigenvalue weighted by Crippen LogP contribution is 2.30. The van der Waals surface area contributed by atoms with Crippen LogP contribution in [0.15, 0.2) is 70.3 Å². The molecule has 1 aromatic carbocycles. The number of imide groups is 1. The number of furan rings is 1. The van der Waals surface area contributed by atoms with Crippen LogP contribution in [0.1, 0.15) is 11.3 Å². The molecular weight excluding hydrogens is 402 g/mol. The Balaban J connectivity index is 1.29. The SMILES string of the molecule is O=C(CN1C(=O)SC(=CC=Cc2ccco2)C1=O)NCCc1c[nH]c2ccccc12. The zero-order valence-corrected chi connectivity index (χ0v) is 16.8. The first kappa shape index (κ1) is 19.8. The van der Waals surface area contributed by atoms with E-state index in [0.29, 0.717) is 18.7 Å². The van der Waals surface area contributed by atoms with Gasteiger partial charge in [0.25, 0.3) is 11.1 Å². The number of H-pyrrole nitrogens is 1. The Morgan fingerprint density at radius 2 is 2.07 bits per heavy atom. The standard InChI is InChI=1S/C22H19N3O4S/c26-20(23-11-10-15-13-24-18-8-2-1-7-17(15)18)14-25-21(27)19(30-22(25)28)9-3-5-16-6-4-12-29-16/h1-9,12-13,24H,10-11,14H2,(H,23,26). The molecule has 1 aliphatic rings. The van der Waals surface area contributed by atoms with Gasteiger partial charge in [0, 0.05) is 23.6 Å². The van der Waals surface area contributed by atoms with E-state index in [0.717, 1.165) is 33.1 Å². The lowest BCUT2D eigenvalue weighted by Crippen LogP contribution is -2.40. The lowest BCUT2D eigenvalue weighted by Gasteiger charge is -2.12. The van der Waals surface area contributed by atoms with Crippen LogP contribution in [0.3, 0.4) is 0 Å². The minimum absolute atomic E-state index is 0.273. The van der Waals surface area contributed by atoms with Crippen molar-refractivity contribution in [3.8, 4) is 0 Å². The molecule has 1 saturated heterocycles. The second kappa shape index (κ2) is 8.87. The second-order valence-electron chi connectivity index (χ2n) is 6.62. The lowest BCUT2D eigenvalue weighted by molar-refractivity contribution is -0.129. The number of benzene rings is 1. The third-order valence-electron chi connectivity index (χ3n) is 4.62. The number of rotatable bonds is 7. The first-order chi connectivity index (χ1) is 14.6. The van der Waals surface area contributed by atoms with Crippen LogP contribution in [0.5, 0.6) is 0 Å². The molecule has 0 aliphatic carbocycles. The number of amides is 3. The minimum Gasteiger partial charge on any atom is -0.465 e. The van der Waals surface area contributed by atoms with Crippen LogP contribution in [0.2, 0.25) is 0 Å². The van der Waals surface area contributed by atoms with Crippen LogP contribution < -0.4 is 5.32 Å². The van der Waals surface area contributed by atoms with Crippen LogP contribution in [0, 0.1) is 0 Å². The van der Waals surface area contributed by atoms with E-state index in [2.05, 4.69) is 10.3 Å². The van der Waals surface area contributed by atoms with Gasteiger partial charge in [0.2, 0.25) is 5.91 Å². The molecule has 3 aromatic rings. The molecule has 0 unspecified atom stereocenters. The van der Waals surface area contributed by atoms with Gasteiger partial charge in [0.1, 0.15) is 12.3 Å². The highest BCUT2D eigenvalue weighted by molar-refractivity contribution is 8.18. The highest BCUT2D eigenvalue weighted by atomic mass is 32.2. The van der Waals surface area contributed by atoms with Crippen molar-refractivity contribution >= 4 is 45.8 Å². The Morgan fingerprint density at radius 1 is 1.20 bits per heavy atom. The Morgan fingerprint density at radius 3 is 2.90 bits per heavy atom. The largest absolute Gasteiger partial charge is 0.465 e. The third-order valence-corrected chi connectivity index (χ3v) is 5.54. The molecular formula is C22H19N3O4S. The number of allylic oxidation sites excluding steroid dienone is 2. The summed E-state index contributed by atoms with van der Waals surface area (Å²) < 4.78 is 5.17. The van der Waals surface area contributed by atoms with E-state index in [-0.39, 0.29) is 17.4 Å². The third kappa shape index (κ3) is 4.38. The molecule has 152 valence electrons. The Bertz CT molecular complexity index is 1140. The predicted octanol–water partition coefficient (Wildman–Crippen LogP) is 3.71. The molecule has 0 saturated carbocycles. The molecule has 1 fully saturated rings. The summed E-state index contributed by atoms with van der Waals surface area (Å²) in [6.45, 7) is 0.121. The van der Waals surface area contributed by atoms with Gasteiger partial charge in [-0.1, -0.05) is 24.3 Å². The van der Waals surface area contributed by atoms with Crippen molar-refractivity contribution in [2.24, 2.45) is 0 Å². The smallest absolute Gasteiger partial charge is 0.294 e. The number of fused-ring (bicyclic) bond motifs is 1. The topological polar surface area (TPSA) is 95.4 Å². The van der Waals surface area contributed by atoms with Crippen LogP contribution in [0.25, 0.3) is 17.0 Å². The number of carbonyl (C=O) groups excluding carboxylic acids is 3. The van der Waals surface area contributed by atoms with E-state index in [1.54, 1.807) is 36.6 Å². The first-order valence-electron chi connectivity index (χ1n) is 9.39. The molecule has 0 bridgehead atoms. The summed E-state index contributed by atoms with van der Waals surface area (Å²) in [6, 6.07) is 11.5. The van der Waals surface area contributed by atoms with Crippen molar-refractivity contribution in [3.05, 3.63) is 77.2 Å². The second-order valence-corrected chi connectivity index (χ2v) is 7.62. The number of nitrogens with one attached hydrogen (secondary N) is 2. The zero-order valence-electron chi connectivity index (χ0n) is 16.0. The van der Waals surface area contributed by atoms with Crippen LogP contribution in [0.4, 0.5) is 4.79 Å². The number of hydrogen-bond acceptors (Lipinski definition) is 5. The highest BCUT2D eigenvalue weighted by Gasteiger charge is 2.35. The molecule has 7 nitrogen and oxygen atoms in total. The monoisotopic (exact) mass is 421 g/mol. The van der Waals surface area contributed by atoms with Crippen LogP contribution in [-0.4, -0.2) is 40.0 Å². The number of hydrogen-bond donors (Lipinski definition) is 2. The number of para-hydroxylation sites is 1. The average molecular weight is 421 g/mol. The van der Waals surface area contributed by atoms with E-state index in [1.807, 2.05) is 30.5 Å². The van der Waals surface area contributed by atoms with Gasteiger partial charge in [-0.25, -0.2) is 0 Å². The molecule has 2 N–H and O–H groups in total. The van der Waals surface area contributed by atoms with Crippen molar-refractivity contribution in [1.82, 2.24) is 15.2 Å². The zero-order chi connectivity index (χ0) is 20.9. The molecule has 0 spiro atoms. The van der Waals surface area contributed by atoms with E-state index < -0.39 is 11.1 Å². The summed E-state index contributed by atoms with van der Waals surface area (Å²) in [5.41, 5.74) is 2.15. The molecule has 4 rings (SSSR count). The number of nitrogens with zero attached hydrogens (tertiary/aromatic N) is 1. The summed E-state index contributed by atoms with van der Waals surface area (Å²) in [5, 5.41) is 3.44. The summed E-state index contributed by atoms with van der Waals surface area (Å²) in [6.07, 6.45) is 8.99. The van der Waals surface area contributed by atoms with Gasteiger partial charge in [-0.05, 0) is 54.1 Å². The molecule has 8 heteroatoms. The van der Waals surface area contributed by atoms with Crippen molar-refractivity contribution < 1.29 is 18.8 Å². The Kier molecular flexibility index (Phi) is 5.85. The molecule has 3 amide bonds. The Labute approximate surface area is 176 Å². The fraction of sp³-hybridized carbons (Fsp3) is 0.136. The maximum atomic E-state index is 12.4. The normalized spacial score (nSPS) is 15.7. The fourth-order valence-electron chi connectivity index (χ4n) is 3.14. The molecule has 30 heavy (non-hydrogen) atoms. The van der Waals surface area contributed by atoms with Gasteiger partial charge in [-0.2, -0.15) is 0 Å². The summed E-state index contributed by atoms with van der Waals surface area (Å²) >= 11 is 0.817. The van der Waals surface area contributed by atoms with E-state index >= 15 is 0 Å².